The van der Waals surface area contributed by atoms with Gasteiger partial charge in [0, 0.05) is 24.4 Å². The summed E-state index contributed by atoms with van der Waals surface area (Å²) in [7, 11) is 1.83. The molecule has 1 heterocycles. The van der Waals surface area contributed by atoms with Crippen molar-refractivity contribution >= 4 is 11.3 Å². The van der Waals surface area contributed by atoms with Gasteiger partial charge in [0.1, 0.15) is 11.1 Å². The van der Waals surface area contributed by atoms with Gasteiger partial charge in [0.25, 0.3) is 0 Å². The summed E-state index contributed by atoms with van der Waals surface area (Å²) >= 11 is 1.79. The van der Waals surface area contributed by atoms with E-state index in [0.29, 0.717) is 18.4 Å². The number of nitrogens with two attached hydrogens (primary N) is 1. The summed E-state index contributed by atoms with van der Waals surface area (Å²) in [5.74, 6) is 1.34. The summed E-state index contributed by atoms with van der Waals surface area (Å²) in [6.45, 7) is 0.630. The molecule has 1 aromatic heterocycles. The third kappa shape index (κ3) is 2.86. The number of nitrogens with zero attached hydrogens (tertiary/aromatic N) is 1. The van der Waals surface area contributed by atoms with Crippen LogP contribution in [0.15, 0.2) is 0 Å². The van der Waals surface area contributed by atoms with Gasteiger partial charge in [0.2, 0.25) is 0 Å². The molecule has 0 bridgehead atoms. The second-order valence-electron chi connectivity index (χ2n) is 5.89. The van der Waals surface area contributed by atoms with Crippen LogP contribution in [0.4, 0.5) is 0 Å². The van der Waals surface area contributed by atoms with E-state index in [1.54, 1.807) is 11.3 Å². The van der Waals surface area contributed by atoms with Crippen LogP contribution in [-0.4, -0.2) is 12.1 Å². The van der Waals surface area contributed by atoms with Crippen molar-refractivity contribution in [2.24, 2.45) is 11.7 Å². The van der Waals surface area contributed by atoms with Gasteiger partial charge in [-0.1, -0.05) is 19.3 Å². The van der Waals surface area contributed by atoms with Crippen LogP contribution in [0.2, 0.25) is 0 Å². The molecule has 0 radical (unpaired) electrons. The maximum absolute atomic E-state index is 5.88. The Morgan fingerprint density at radius 3 is 2.58 bits per heavy atom. The van der Waals surface area contributed by atoms with Gasteiger partial charge in [-0.05, 0) is 31.6 Å². The molecule has 0 saturated heterocycles. The molecule has 0 spiro atoms. The Morgan fingerprint density at radius 1 is 1.26 bits per heavy atom. The third-order valence-corrected chi connectivity index (χ3v) is 5.62. The number of aromatic nitrogens is 1. The number of rotatable bonds is 5. The monoisotopic (exact) mass is 280 g/mol. The lowest BCUT2D eigenvalue weighted by atomic mass is 9.85. The molecule has 0 amide bonds. The Hall–Kier alpha value is -0.450. The fourth-order valence-corrected chi connectivity index (χ4v) is 4.46. The lowest BCUT2D eigenvalue weighted by molar-refractivity contribution is 0.0351. The first-order chi connectivity index (χ1) is 9.33. The molecule has 1 atom stereocenters. The Labute approximate surface area is 119 Å². The van der Waals surface area contributed by atoms with E-state index >= 15 is 0 Å². The van der Waals surface area contributed by atoms with E-state index in [1.165, 1.54) is 60.5 Å². The molecule has 2 aliphatic rings. The molecular formula is C15H24N2OS. The number of hydrogen-bond donors (Lipinski definition) is 1. The summed E-state index contributed by atoms with van der Waals surface area (Å²) in [4.78, 5) is 6.19. The lowest BCUT2D eigenvalue weighted by Crippen LogP contribution is -2.17. The van der Waals surface area contributed by atoms with E-state index in [4.69, 9.17) is 15.5 Å². The fourth-order valence-electron chi connectivity index (χ4n) is 3.26. The number of hydrogen-bond acceptors (Lipinski definition) is 4. The van der Waals surface area contributed by atoms with Crippen molar-refractivity contribution in [3.63, 3.8) is 0 Å². The largest absolute Gasteiger partial charge is 0.374 e. The Morgan fingerprint density at radius 2 is 2.00 bits per heavy atom. The fraction of sp³-hybridized carbons (Fsp3) is 0.800. The second kappa shape index (κ2) is 5.90. The highest BCUT2D eigenvalue weighted by molar-refractivity contribution is 7.11. The average molecular weight is 280 g/mol. The highest BCUT2D eigenvalue weighted by atomic mass is 32.1. The minimum absolute atomic E-state index is 0.197. The van der Waals surface area contributed by atoms with Gasteiger partial charge >= 0.3 is 0 Å². The normalized spacial score (nSPS) is 22.6. The molecule has 19 heavy (non-hydrogen) atoms. The summed E-state index contributed by atoms with van der Waals surface area (Å²) in [5.41, 5.74) is 7.16. The molecule has 106 valence electrons. The number of methoxy groups -OCH3 is 1. The summed E-state index contributed by atoms with van der Waals surface area (Å²) < 4.78 is 5.80. The highest BCUT2D eigenvalue weighted by Gasteiger charge is 2.33. The Bertz CT molecular complexity index is 422. The molecule has 0 aromatic carbocycles. The third-order valence-electron chi connectivity index (χ3n) is 4.47. The van der Waals surface area contributed by atoms with Crippen molar-refractivity contribution < 1.29 is 4.74 Å². The van der Waals surface area contributed by atoms with Crippen molar-refractivity contribution in [2.75, 3.05) is 7.11 Å². The van der Waals surface area contributed by atoms with Crippen molar-refractivity contribution in [3.8, 4) is 0 Å². The van der Waals surface area contributed by atoms with Crippen LogP contribution in [0.3, 0.4) is 0 Å². The van der Waals surface area contributed by atoms with Crippen molar-refractivity contribution in [1.29, 1.82) is 0 Å². The van der Waals surface area contributed by atoms with Crippen LogP contribution in [0.25, 0.3) is 0 Å². The summed E-state index contributed by atoms with van der Waals surface area (Å²) in [5, 5.41) is 1.18. The predicted molar refractivity (Wildman–Crippen MR) is 78.3 cm³/mol. The minimum atomic E-state index is 0.197. The van der Waals surface area contributed by atoms with Gasteiger partial charge in [0.15, 0.2) is 0 Å². The summed E-state index contributed by atoms with van der Waals surface area (Å²) in [6, 6.07) is 0. The van der Waals surface area contributed by atoms with E-state index in [1.807, 2.05) is 7.11 Å². The van der Waals surface area contributed by atoms with E-state index in [-0.39, 0.29) is 6.10 Å². The van der Waals surface area contributed by atoms with Crippen LogP contribution >= 0.6 is 11.3 Å². The zero-order valence-electron chi connectivity index (χ0n) is 11.7. The Balaban J connectivity index is 1.81. The standard InChI is InChI=1S/C15H24N2OS/c1-18-14(11-5-3-2-4-6-11)15-17-13(10-7-8-10)12(9-16)19-15/h10-11,14H,2-9,16H2,1H3. The van der Waals surface area contributed by atoms with Crippen LogP contribution in [-0.2, 0) is 11.3 Å². The second-order valence-corrected chi connectivity index (χ2v) is 7.01. The maximum atomic E-state index is 5.88. The molecule has 4 heteroatoms. The molecule has 2 saturated carbocycles. The minimum Gasteiger partial charge on any atom is -0.374 e. The molecule has 1 aromatic rings. The molecule has 0 aliphatic heterocycles. The highest BCUT2D eigenvalue weighted by Crippen LogP contribution is 2.45. The number of thiazole rings is 1. The summed E-state index contributed by atoms with van der Waals surface area (Å²) in [6.07, 6.45) is 9.41. The van der Waals surface area contributed by atoms with Gasteiger partial charge in [0.05, 0.1) is 5.69 Å². The molecule has 2 N–H and O–H groups in total. The quantitative estimate of drug-likeness (QED) is 0.893. The zero-order valence-corrected chi connectivity index (χ0v) is 12.5. The van der Waals surface area contributed by atoms with Crippen LogP contribution < -0.4 is 5.73 Å². The molecule has 1 unspecified atom stereocenters. The van der Waals surface area contributed by atoms with Crippen LogP contribution in [0.5, 0.6) is 0 Å². The smallest absolute Gasteiger partial charge is 0.122 e. The van der Waals surface area contributed by atoms with Gasteiger partial charge < -0.3 is 10.5 Å². The first-order valence-electron chi connectivity index (χ1n) is 7.55. The van der Waals surface area contributed by atoms with Crippen molar-refractivity contribution in [3.05, 3.63) is 15.6 Å². The molecular weight excluding hydrogens is 256 g/mol. The van der Waals surface area contributed by atoms with E-state index in [2.05, 4.69) is 0 Å². The number of ether oxygens (including phenoxy) is 1. The average Bonchev–Trinajstić information content (AvgIpc) is 3.22. The van der Waals surface area contributed by atoms with E-state index in [0.717, 1.165) is 0 Å². The lowest BCUT2D eigenvalue weighted by Gasteiger charge is -2.27. The topological polar surface area (TPSA) is 48.1 Å². The van der Waals surface area contributed by atoms with Crippen molar-refractivity contribution in [1.82, 2.24) is 4.98 Å². The van der Waals surface area contributed by atoms with Crippen molar-refractivity contribution in [2.45, 2.75) is 63.5 Å². The SMILES string of the molecule is COC(c1nc(C2CC2)c(CN)s1)C1CCCCC1. The zero-order chi connectivity index (χ0) is 13.2. The maximum Gasteiger partial charge on any atom is 0.122 e. The van der Waals surface area contributed by atoms with Gasteiger partial charge in [-0.2, -0.15) is 0 Å². The first-order valence-corrected chi connectivity index (χ1v) is 8.37. The van der Waals surface area contributed by atoms with Gasteiger partial charge in [-0.15, -0.1) is 11.3 Å². The Kier molecular flexibility index (Phi) is 4.20. The predicted octanol–water partition coefficient (Wildman–Crippen LogP) is 3.75. The molecule has 2 fully saturated rings. The van der Waals surface area contributed by atoms with Gasteiger partial charge in [-0.25, -0.2) is 4.98 Å². The first kappa shape index (κ1) is 13.5. The van der Waals surface area contributed by atoms with E-state index in [9.17, 15) is 0 Å². The molecule has 3 nitrogen and oxygen atoms in total. The van der Waals surface area contributed by atoms with E-state index < -0.39 is 0 Å². The van der Waals surface area contributed by atoms with Crippen LogP contribution in [0, 0.1) is 5.92 Å². The van der Waals surface area contributed by atoms with Gasteiger partial charge in [-0.3, -0.25) is 0 Å². The molecule has 3 rings (SSSR count). The van der Waals surface area contributed by atoms with Crippen LogP contribution in [0.1, 0.15) is 72.5 Å². The molecule has 2 aliphatic carbocycles.